The number of amides is 1. The highest BCUT2D eigenvalue weighted by Crippen LogP contribution is 2.26. The molecule has 1 saturated heterocycles. The van der Waals surface area contributed by atoms with Crippen LogP contribution in [-0.2, 0) is 14.6 Å². The number of hydrogen-bond acceptors (Lipinski definition) is 5. The zero-order chi connectivity index (χ0) is 15.6. The van der Waals surface area contributed by atoms with E-state index < -0.39 is 9.84 Å². The Labute approximate surface area is 130 Å². The van der Waals surface area contributed by atoms with Crippen molar-refractivity contribution in [3.8, 4) is 0 Å². The highest BCUT2D eigenvalue weighted by molar-refractivity contribution is 7.92. The minimum atomic E-state index is -3.31. The van der Waals surface area contributed by atoms with Crippen molar-refractivity contribution in [3.63, 3.8) is 0 Å². The standard InChI is InChI=1S/C14H22N4O3S/c19-14(9-22(20,21)13-5-1-2-6-13)17-7-3-4-12(8-17)18-11-15-10-16-18/h10-13H,1-9H2. The first-order valence-electron chi connectivity index (χ1n) is 7.90. The maximum absolute atomic E-state index is 12.4. The Morgan fingerprint density at radius 2 is 1.95 bits per heavy atom. The van der Waals surface area contributed by atoms with Crippen LogP contribution in [-0.4, -0.2) is 58.1 Å². The summed E-state index contributed by atoms with van der Waals surface area (Å²) in [4.78, 5) is 18.0. The lowest BCUT2D eigenvalue weighted by molar-refractivity contribution is -0.130. The van der Waals surface area contributed by atoms with Crippen LogP contribution in [0.15, 0.2) is 12.7 Å². The number of piperidine rings is 1. The number of aromatic nitrogens is 3. The van der Waals surface area contributed by atoms with Crippen LogP contribution in [0.2, 0.25) is 0 Å². The fourth-order valence-corrected chi connectivity index (χ4v) is 5.25. The number of rotatable bonds is 4. The number of carbonyl (C=O) groups is 1. The second kappa shape index (κ2) is 6.36. The highest BCUT2D eigenvalue weighted by atomic mass is 32.2. The van der Waals surface area contributed by atoms with E-state index in [4.69, 9.17) is 0 Å². The molecule has 1 aromatic rings. The molecule has 1 aromatic heterocycles. The smallest absolute Gasteiger partial charge is 0.237 e. The van der Waals surface area contributed by atoms with Crippen molar-refractivity contribution in [2.24, 2.45) is 0 Å². The van der Waals surface area contributed by atoms with Crippen LogP contribution in [0.5, 0.6) is 0 Å². The van der Waals surface area contributed by atoms with Gasteiger partial charge in [0.25, 0.3) is 0 Å². The van der Waals surface area contributed by atoms with E-state index in [0.29, 0.717) is 25.9 Å². The molecule has 1 aliphatic carbocycles. The summed E-state index contributed by atoms with van der Waals surface area (Å²) in [7, 11) is -3.31. The van der Waals surface area contributed by atoms with Gasteiger partial charge >= 0.3 is 0 Å². The van der Waals surface area contributed by atoms with E-state index in [1.807, 2.05) is 0 Å². The normalized spacial score (nSPS) is 23.8. The van der Waals surface area contributed by atoms with Crippen LogP contribution in [0, 0.1) is 0 Å². The first-order chi connectivity index (χ1) is 10.6. The average molecular weight is 326 g/mol. The highest BCUT2D eigenvalue weighted by Gasteiger charge is 2.33. The third-order valence-corrected chi connectivity index (χ3v) is 6.83. The summed E-state index contributed by atoms with van der Waals surface area (Å²) in [6.45, 7) is 1.15. The molecular weight excluding hydrogens is 304 g/mol. The maximum Gasteiger partial charge on any atom is 0.237 e. The fraction of sp³-hybridized carbons (Fsp3) is 0.786. The van der Waals surface area contributed by atoms with Gasteiger partial charge in [-0.05, 0) is 25.7 Å². The summed E-state index contributed by atoms with van der Waals surface area (Å²) >= 11 is 0. The molecule has 0 bridgehead atoms. The molecule has 7 nitrogen and oxygen atoms in total. The Morgan fingerprint density at radius 3 is 2.64 bits per heavy atom. The van der Waals surface area contributed by atoms with Crippen molar-refractivity contribution in [2.45, 2.75) is 49.8 Å². The summed E-state index contributed by atoms with van der Waals surface area (Å²) in [6.07, 6.45) is 8.24. The first-order valence-corrected chi connectivity index (χ1v) is 9.61. The van der Waals surface area contributed by atoms with E-state index >= 15 is 0 Å². The zero-order valence-electron chi connectivity index (χ0n) is 12.6. The number of nitrogens with zero attached hydrogens (tertiary/aromatic N) is 4. The summed E-state index contributed by atoms with van der Waals surface area (Å²) < 4.78 is 26.4. The molecule has 2 fully saturated rings. The van der Waals surface area contributed by atoms with Gasteiger partial charge in [0, 0.05) is 13.1 Å². The monoisotopic (exact) mass is 326 g/mol. The van der Waals surface area contributed by atoms with Crippen LogP contribution in [0.25, 0.3) is 0 Å². The van der Waals surface area contributed by atoms with Gasteiger partial charge in [-0.1, -0.05) is 12.8 Å². The van der Waals surface area contributed by atoms with E-state index in [0.717, 1.165) is 25.7 Å². The molecule has 0 N–H and O–H groups in total. The van der Waals surface area contributed by atoms with Crippen LogP contribution in [0.3, 0.4) is 0 Å². The average Bonchev–Trinajstić information content (AvgIpc) is 3.20. The van der Waals surface area contributed by atoms with E-state index in [9.17, 15) is 13.2 Å². The molecule has 22 heavy (non-hydrogen) atoms. The predicted molar refractivity (Wildman–Crippen MR) is 80.9 cm³/mol. The van der Waals surface area contributed by atoms with Crippen molar-refractivity contribution in [1.29, 1.82) is 0 Å². The van der Waals surface area contributed by atoms with Gasteiger partial charge in [0.05, 0.1) is 11.3 Å². The Balaban J connectivity index is 1.62. The van der Waals surface area contributed by atoms with Crippen LogP contribution >= 0.6 is 0 Å². The molecule has 1 aliphatic heterocycles. The van der Waals surface area contributed by atoms with Crippen molar-refractivity contribution in [1.82, 2.24) is 19.7 Å². The van der Waals surface area contributed by atoms with Gasteiger partial charge in [-0.2, -0.15) is 5.10 Å². The molecule has 122 valence electrons. The molecule has 1 saturated carbocycles. The minimum absolute atomic E-state index is 0.0920. The van der Waals surface area contributed by atoms with Crippen LogP contribution in [0.1, 0.15) is 44.6 Å². The lowest BCUT2D eigenvalue weighted by atomic mass is 10.1. The first kappa shape index (κ1) is 15.5. The van der Waals surface area contributed by atoms with E-state index in [1.165, 1.54) is 6.33 Å². The molecule has 0 aromatic carbocycles. The van der Waals surface area contributed by atoms with Gasteiger partial charge < -0.3 is 4.90 Å². The molecule has 3 rings (SSSR count). The Hall–Kier alpha value is -1.44. The summed E-state index contributed by atoms with van der Waals surface area (Å²) in [5.74, 6) is -0.612. The number of likely N-dealkylation sites (tertiary alicyclic amines) is 1. The third-order valence-electron chi connectivity index (χ3n) is 4.69. The van der Waals surface area contributed by atoms with Gasteiger partial charge in [0.15, 0.2) is 9.84 Å². The zero-order valence-corrected chi connectivity index (χ0v) is 13.4. The molecule has 1 unspecified atom stereocenters. The summed E-state index contributed by atoms with van der Waals surface area (Å²) in [5.41, 5.74) is 0. The van der Waals surface area contributed by atoms with Crippen molar-refractivity contribution < 1.29 is 13.2 Å². The number of carbonyl (C=O) groups excluding carboxylic acids is 1. The van der Waals surface area contributed by atoms with E-state index in [1.54, 1.807) is 15.9 Å². The van der Waals surface area contributed by atoms with Gasteiger partial charge in [-0.15, -0.1) is 0 Å². The summed E-state index contributed by atoms with van der Waals surface area (Å²) in [5, 5.41) is 3.81. The fourth-order valence-electron chi connectivity index (χ4n) is 3.43. The van der Waals surface area contributed by atoms with E-state index in [2.05, 4.69) is 10.1 Å². The molecular formula is C14H22N4O3S. The topological polar surface area (TPSA) is 85.2 Å². The molecule has 1 atom stereocenters. The minimum Gasteiger partial charge on any atom is -0.340 e. The second-order valence-electron chi connectivity index (χ2n) is 6.22. The van der Waals surface area contributed by atoms with Crippen molar-refractivity contribution >= 4 is 15.7 Å². The molecule has 0 spiro atoms. The molecule has 1 amide bonds. The van der Waals surface area contributed by atoms with Gasteiger partial charge in [-0.25, -0.2) is 18.1 Å². The van der Waals surface area contributed by atoms with Gasteiger partial charge in [-0.3, -0.25) is 4.79 Å². The predicted octanol–water partition coefficient (Wildman–Crippen LogP) is 0.799. The SMILES string of the molecule is O=C(CS(=O)(=O)C1CCCC1)N1CCCC(n2cncn2)C1. The lowest BCUT2D eigenvalue weighted by Crippen LogP contribution is -2.44. The van der Waals surface area contributed by atoms with Crippen LogP contribution < -0.4 is 0 Å². The third kappa shape index (κ3) is 3.31. The van der Waals surface area contributed by atoms with Crippen LogP contribution in [0.4, 0.5) is 0 Å². The van der Waals surface area contributed by atoms with Crippen molar-refractivity contribution in [3.05, 3.63) is 12.7 Å². The van der Waals surface area contributed by atoms with Crippen molar-refractivity contribution in [2.75, 3.05) is 18.8 Å². The Kier molecular flexibility index (Phi) is 4.46. The quantitative estimate of drug-likeness (QED) is 0.817. The maximum atomic E-state index is 12.4. The largest absolute Gasteiger partial charge is 0.340 e. The molecule has 8 heteroatoms. The molecule has 2 aliphatic rings. The summed E-state index contributed by atoms with van der Waals surface area (Å²) in [6, 6.07) is 0.0920. The lowest BCUT2D eigenvalue weighted by Gasteiger charge is -2.32. The number of sulfone groups is 1. The molecule has 0 radical (unpaired) electrons. The number of hydrogen-bond donors (Lipinski definition) is 0. The van der Waals surface area contributed by atoms with E-state index in [-0.39, 0.29) is 23.0 Å². The second-order valence-corrected chi connectivity index (χ2v) is 8.51. The van der Waals surface area contributed by atoms with Gasteiger partial charge in [0.2, 0.25) is 5.91 Å². The Bertz CT molecular complexity index is 608. The molecule has 2 heterocycles. The van der Waals surface area contributed by atoms with Gasteiger partial charge in [0.1, 0.15) is 18.4 Å². The Morgan fingerprint density at radius 1 is 1.18 bits per heavy atom.